The van der Waals surface area contributed by atoms with Crippen molar-refractivity contribution in [1.82, 2.24) is 10.2 Å². The number of hydrogen-bond donors (Lipinski definition) is 1. The first-order chi connectivity index (χ1) is 9.52. The summed E-state index contributed by atoms with van der Waals surface area (Å²) < 4.78 is 37.5. The largest absolute Gasteiger partial charge is 0.416 e. The Morgan fingerprint density at radius 3 is 2.50 bits per heavy atom. The zero-order valence-corrected chi connectivity index (χ0v) is 11.3. The molecule has 0 bridgehead atoms. The van der Waals surface area contributed by atoms with Gasteiger partial charge < -0.3 is 5.32 Å². The van der Waals surface area contributed by atoms with Gasteiger partial charge in [-0.05, 0) is 55.6 Å². The first kappa shape index (κ1) is 13.9. The standard InChI is InChI=1S/C15H19F3N2/c16-15(17,18)14-3-1-11(2-4-14)9-20-6-5-12-7-19-8-13(12)10-20/h1-4,12-13,19H,5-10H2. The first-order valence-corrected chi connectivity index (χ1v) is 7.11. The van der Waals surface area contributed by atoms with Gasteiger partial charge in [0.2, 0.25) is 0 Å². The van der Waals surface area contributed by atoms with Crippen LogP contribution in [0.1, 0.15) is 17.5 Å². The molecule has 2 atom stereocenters. The Balaban J connectivity index is 1.60. The van der Waals surface area contributed by atoms with Crippen LogP contribution in [-0.2, 0) is 12.7 Å². The lowest BCUT2D eigenvalue weighted by atomic mass is 9.88. The molecule has 5 heteroatoms. The van der Waals surface area contributed by atoms with E-state index in [2.05, 4.69) is 10.2 Å². The maximum atomic E-state index is 12.5. The second kappa shape index (κ2) is 5.37. The second-order valence-corrected chi connectivity index (χ2v) is 5.90. The van der Waals surface area contributed by atoms with Crippen molar-refractivity contribution in [2.75, 3.05) is 26.2 Å². The predicted octanol–water partition coefficient (Wildman–Crippen LogP) is 2.75. The van der Waals surface area contributed by atoms with E-state index in [9.17, 15) is 13.2 Å². The molecule has 2 unspecified atom stereocenters. The van der Waals surface area contributed by atoms with Crippen LogP contribution in [0.15, 0.2) is 24.3 Å². The van der Waals surface area contributed by atoms with Crippen LogP contribution in [0.25, 0.3) is 0 Å². The lowest BCUT2D eigenvalue weighted by Crippen LogP contribution is -2.39. The average molecular weight is 284 g/mol. The molecule has 0 spiro atoms. The molecule has 0 saturated carbocycles. The van der Waals surface area contributed by atoms with Crippen molar-refractivity contribution < 1.29 is 13.2 Å². The van der Waals surface area contributed by atoms with Crippen molar-refractivity contribution in [2.24, 2.45) is 11.8 Å². The SMILES string of the molecule is FC(F)(F)c1ccc(CN2CCC3CNCC3C2)cc1. The zero-order valence-electron chi connectivity index (χ0n) is 11.3. The summed E-state index contributed by atoms with van der Waals surface area (Å²) in [5.41, 5.74) is 0.391. The van der Waals surface area contributed by atoms with Crippen molar-refractivity contribution in [1.29, 1.82) is 0 Å². The summed E-state index contributed by atoms with van der Waals surface area (Å²) in [5.74, 6) is 1.50. The van der Waals surface area contributed by atoms with E-state index in [0.29, 0.717) is 5.92 Å². The number of nitrogens with zero attached hydrogens (tertiary/aromatic N) is 1. The molecule has 1 aromatic carbocycles. The first-order valence-electron chi connectivity index (χ1n) is 7.11. The van der Waals surface area contributed by atoms with Crippen LogP contribution >= 0.6 is 0 Å². The molecule has 2 aliphatic heterocycles. The highest BCUT2D eigenvalue weighted by Crippen LogP contribution is 2.30. The highest BCUT2D eigenvalue weighted by molar-refractivity contribution is 5.24. The quantitative estimate of drug-likeness (QED) is 0.898. The fourth-order valence-electron chi connectivity index (χ4n) is 3.31. The van der Waals surface area contributed by atoms with E-state index in [1.54, 1.807) is 12.1 Å². The molecular formula is C15H19F3N2. The number of nitrogens with one attached hydrogen (secondary N) is 1. The molecule has 110 valence electrons. The number of likely N-dealkylation sites (tertiary alicyclic amines) is 1. The number of hydrogen-bond acceptors (Lipinski definition) is 2. The maximum Gasteiger partial charge on any atom is 0.416 e. The molecule has 3 rings (SSSR count). The van der Waals surface area contributed by atoms with Gasteiger partial charge in [0, 0.05) is 13.1 Å². The molecule has 0 amide bonds. The van der Waals surface area contributed by atoms with Gasteiger partial charge in [-0.3, -0.25) is 4.90 Å². The number of halogens is 3. The fourth-order valence-corrected chi connectivity index (χ4v) is 3.31. The van der Waals surface area contributed by atoms with E-state index in [4.69, 9.17) is 0 Å². The summed E-state index contributed by atoms with van der Waals surface area (Å²) in [6, 6.07) is 5.56. The van der Waals surface area contributed by atoms with E-state index in [0.717, 1.165) is 44.2 Å². The molecule has 0 aliphatic carbocycles. The van der Waals surface area contributed by atoms with Crippen LogP contribution in [0, 0.1) is 11.8 Å². The summed E-state index contributed by atoms with van der Waals surface area (Å²) in [6.45, 7) is 5.05. The Bertz CT molecular complexity index is 455. The number of alkyl halides is 3. The minimum absolute atomic E-state index is 0.569. The van der Waals surface area contributed by atoms with Crippen LogP contribution in [0.2, 0.25) is 0 Å². The van der Waals surface area contributed by atoms with E-state index in [1.165, 1.54) is 18.6 Å². The van der Waals surface area contributed by atoms with Gasteiger partial charge in [-0.25, -0.2) is 0 Å². The lowest BCUT2D eigenvalue weighted by molar-refractivity contribution is -0.137. The van der Waals surface area contributed by atoms with Crippen molar-refractivity contribution >= 4 is 0 Å². The van der Waals surface area contributed by atoms with Crippen molar-refractivity contribution in [2.45, 2.75) is 19.1 Å². The van der Waals surface area contributed by atoms with Crippen LogP contribution in [0.3, 0.4) is 0 Å². The Kier molecular flexibility index (Phi) is 3.73. The van der Waals surface area contributed by atoms with Gasteiger partial charge in [-0.2, -0.15) is 13.2 Å². The Morgan fingerprint density at radius 1 is 1.10 bits per heavy atom. The molecule has 0 aromatic heterocycles. The normalized spacial score (nSPS) is 27.6. The smallest absolute Gasteiger partial charge is 0.316 e. The molecular weight excluding hydrogens is 265 g/mol. The molecule has 20 heavy (non-hydrogen) atoms. The zero-order chi connectivity index (χ0) is 14.2. The number of fused-ring (bicyclic) bond motifs is 1. The van der Waals surface area contributed by atoms with Gasteiger partial charge >= 0.3 is 6.18 Å². The van der Waals surface area contributed by atoms with Gasteiger partial charge in [0.15, 0.2) is 0 Å². The minimum atomic E-state index is -4.24. The third kappa shape index (κ3) is 2.99. The van der Waals surface area contributed by atoms with Gasteiger partial charge in [0.05, 0.1) is 5.56 Å². The van der Waals surface area contributed by atoms with Crippen molar-refractivity contribution in [3.63, 3.8) is 0 Å². The molecule has 2 saturated heterocycles. The van der Waals surface area contributed by atoms with E-state index >= 15 is 0 Å². The van der Waals surface area contributed by atoms with Gasteiger partial charge in [-0.15, -0.1) is 0 Å². The van der Waals surface area contributed by atoms with E-state index < -0.39 is 11.7 Å². The second-order valence-electron chi connectivity index (χ2n) is 5.90. The molecule has 1 N–H and O–H groups in total. The highest BCUT2D eigenvalue weighted by atomic mass is 19.4. The Hall–Kier alpha value is -1.07. The molecule has 1 aromatic rings. The average Bonchev–Trinajstić information content (AvgIpc) is 2.86. The number of benzene rings is 1. The van der Waals surface area contributed by atoms with Crippen LogP contribution < -0.4 is 5.32 Å². The molecule has 2 fully saturated rings. The lowest BCUT2D eigenvalue weighted by Gasteiger charge is -2.34. The van der Waals surface area contributed by atoms with Crippen molar-refractivity contribution in [3.8, 4) is 0 Å². The highest BCUT2D eigenvalue weighted by Gasteiger charge is 2.33. The van der Waals surface area contributed by atoms with Gasteiger partial charge in [0.1, 0.15) is 0 Å². The minimum Gasteiger partial charge on any atom is -0.316 e. The molecule has 2 aliphatic rings. The number of piperidine rings is 1. The monoisotopic (exact) mass is 284 g/mol. The Morgan fingerprint density at radius 2 is 1.80 bits per heavy atom. The molecule has 2 nitrogen and oxygen atoms in total. The summed E-state index contributed by atoms with van der Waals surface area (Å²) in [4.78, 5) is 2.36. The molecule has 0 radical (unpaired) electrons. The van der Waals surface area contributed by atoms with Crippen molar-refractivity contribution in [3.05, 3.63) is 35.4 Å². The van der Waals surface area contributed by atoms with Gasteiger partial charge in [-0.1, -0.05) is 12.1 Å². The van der Waals surface area contributed by atoms with Crippen LogP contribution in [0.4, 0.5) is 13.2 Å². The van der Waals surface area contributed by atoms with E-state index in [-0.39, 0.29) is 0 Å². The third-order valence-electron chi connectivity index (χ3n) is 4.48. The predicted molar refractivity (Wildman–Crippen MR) is 71.2 cm³/mol. The summed E-state index contributed by atoms with van der Waals surface area (Å²) >= 11 is 0. The third-order valence-corrected chi connectivity index (χ3v) is 4.48. The topological polar surface area (TPSA) is 15.3 Å². The molecule has 2 heterocycles. The number of rotatable bonds is 2. The summed E-state index contributed by atoms with van der Waals surface area (Å²) in [7, 11) is 0. The fraction of sp³-hybridized carbons (Fsp3) is 0.600. The summed E-state index contributed by atoms with van der Waals surface area (Å²) in [6.07, 6.45) is -3.05. The summed E-state index contributed by atoms with van der Waals surface area (Å²) in [5, 5.41) is 3.42. The van der Waals surface area contributed by atoms with E-state index in [1.807, 2.05) is 0 Å². The van der Waals surface area contributed by atoms with Gasteiger partial charge in [0.25, 0.3) is 0 Å². The maximum absolute atomic E-state index is 12.5. The Labute approximate surface area is 117 Å². The van der Waals surface area contributed by atoms with Crippen LogP contribution in [-0.4, -0.2) is 31.1 Å². The van der Waals surface area contributed by atoms with Crippen LogP contribution in [0.5, 0.6) is 0 Å².